The second-order valence-corrected chi connectivity index (χ2v) is 6.06. The Morgan fingerprint density at radius 3 is 2.55 bits per heavy atom. The predicted octanol–water partition coefficient (Wildman–Crippen LogP) is 3.61. The molecule has 0 bridgehead atoms. The Bertz CT molecular complexity index is 769. The molecule has 0 aliphatic heterocycles. The monoisotopic (exact) mass is 311 g/mol. The molecule has 2 aromatic carbocycles. The van der Waals surface area contributed by atoms with Gasteiger partial charge in [0.15, 0.2) is 0 Å². The molecule has 22 heavy (non-hydrogen) atoms. The van der Waals surface area contributed by atoms with Crippen LogP contribution in [0.15, 0.2) is 58.3 Å². The van der Waals surface area contributed by atoms with Gasteiger partial charge in [0.25, 0.3) is 5.95 Å². The van der Waals surface area contributed by atoms with E-state index in [1.807, 2.05) is 30.1 Å². The molecule has 5 nitrogen and oxygen atoms in total. The Kier molecular flexibility index (Phi) is 4.02. The minimum Gasteiger partial charge on any atom is -0.368 e. The molecule has 6 heteroatoms. The van der Waals surface area contributed by atoms with Crippen LogP contribution < -0.4 is 10.6 Å². The molecule has 0 aliphatic carbocycles. The highest BCUT2D eigenvalue weighted by Crippen LogP contribution is 2.33. The fraction of sp³-hybridized carbons (Fsp3) is 0.125. The van der Waals surface area contributed by atoms with Crippen LogP contribution in [0.5, 0.6) is 0 Å². The Morgan fingerprint density at radius 1 is 1.14 bits per heavy atom. The first-order valence-corrected chi connectivity index (χ1v) is 7.70. The maximum absolute atomic E-state index is 5.58. The molecule has 1 heterocycles. The first-order chi connectivity index (χ1) is 10.6. The number of nitrogens with two attached hydrogens (primary N) is 1. The molecule has 3 N–H and O–H groups in total. The lowest BCUT2D eigenvalue weighted by molar-refractivity contribution is 1.03. The number of aryl methyl sites for hydroxylation is 1. The molecule has 0 saturated heterocycles. The van der Waals surface area contributed by atoms with E-state index in [0.717, 1.165) is 5.69 Å². The zero-order chi connectivity index (χ0) is 15.5. The van der Waals surface area contributed by atoms with E-state index in [1.54, 1.807) is 11.8 Å². The number of aromatic amines is 1. The van der Waals surface area contributed by atoms with Gasteiger partial charge in [0.05, 0.1) is 0 Å². The van der Waals surface area contributed by atoms with Crippen molar-refractivity contribution in [1.82, 2.24) is 15.2 Å². The van der Waals surface area contributed by atoms with Crippen LogP contribution in [0.4, 0.5) is 17.6 Å². The van der Waals surface area contributed by atoms with E-state index >= 15 is 0 Å². The molecule has 0 aliphatic rings. The SMILES string of the molecule is Cc1cc(N(C)c2n[nH]c(N)n2)ccc1Sc1ccccc1. The fourth-order valence-corrected chi connectivity index (χ4v) is 3.01. The minimum atomic E-state index is 0.315. The highest BCUT2D eigenvalue weighted by molar-refractivity contribution is 7.99. The predicted molar refractivity (Wildman–Crippen MR) is 90.6 cm³/mol. The van der Waals surface area contributed by atoms with Crippen LogP contribution in [-0.4, -0.2) is 22.2 Å². The number of benzene rings is 2. The molecular weight excluding hydrogens is 294 g/mol. The summed E-state index contributed by atoms with van der Waals surface area (Å²) in [5.41, 5.74) is 7.81. The highest BCUT2D eigenvalue weighted by Gasteiger charge is 2.11. The molecule has 112 valence electrons. The zero-order valence-electron chi connectivity index (χ0n) is 12.4. The van der Waals surface area contributed by atoms with Gasteiger partial charge in [0, 0.05) is 22.5 Å². The van der Waals surface area contributed by atoms with Crippen LogP contribution in [0.1, 0.15) is 5.56 Å². The van der Waals surface area contributed by atoms with Gasteiger partial charge in [0.2, 0.25) is 5.95 Å². The van der Waals surface area contributed by atoms with E-state index < -0.39 is 0 Å². The lowest BCUT2D eigenvalue weighted by Gasteiger charge is -2.16. The van der Waals surface area contributed by atoms with E-state index in [0.29, 0.717) is 11.9 Å². The van der Waals surface area contributed by atoms with Gasteiger partial charge in [-0.25, -0.2) is 5.10 Å². The van der Waals surface area contributed by atoms with Crippen LogP contribution in [0.25, 0.3) is 0 Å². The average molecular weight is 311 g/mol. The molecule has 0 amide bonds. The maximum Gasteiger partial charge on any atom is 0.250 e. The van der Waals surface area contributed by atoms with Crippen molar-refractivity contribution in [3.63, 3.8) is 0 Å². The van der Waals surface area contributed by atoms with Crippen molar-refractivity contribution in [1.29, 1.82) is 0 Å². The second kappa shape index (κ2) is 6.11. The van der Waals surface area contributed by atoms with Gasteiger partial charge in [-0.2, -0.15) is 4.98 Å². The second-order valence-electron chi connectivity index (χ2n) is 4.94. The molecule has 3 rings (SSSR count). The van der Waals surface area contributed by atoms with Gasteiger partial charge in [-0.3, -0.25) is 0 Å². The lowest BCUT2D eigenvalue weighted by Crippen LogP contribution is -2.11. The summed E-state index contributed by atoms with van der Waals surface area (Å²) in [7, 11) is 1.92. The fourth-order valence-electron chi connectivity index (χ4n) is 2.10. The third-order valence-electron chi connectivity index (χ3n) is 3.31. The molecule has 0 radical (unpaired) electrons. The van der Waals surface area contributed by atoms with Crippen molar-refractivity contribution < 1.29 is 0 Å². The Labute approximate surface area is 133 Å². The van der Waals surface area contributed by atoms with Gasteiger partial charge in [-0.1, -0.05) is 30.0 Å². The summed E-state index contributed by atoms with van der Waals surface area (Å²) in [6.45, 7) is 2.11. The van der Waals surface area contributed by atoms with Crippen molar-refractivity contribution in [2.75, 3.05) is 17.7 Å². The van der Waals surface area contributed by atoms with Crippen molar-refractivity contribution in [3.8, 4) is 0 Å². The van der Waals surface area contributed by atoms with E-state index in [4.69, 9.17) is 5.73 Å². The Balaban J connectivity index is 1.83. The quantitative estimate of drug-likeness (QED) is 0.770. The van der Waals surface area contributed by atoms with Gasteiger partial charge in [-0.15, -0.1) is 5.10 Å². The molecule has 0 saturated carbocycles. The summed E-state index contributed by atoms with van der Waals surface area (Å²) in [6, 6.07) is 16.6. The van der Waals surface area contributed by atoms with Crippen LogP contribution in [0, 0.1) is 6.92 Å². The first kappa shape index (κ1) is 14.5. The standard InChI is InChI=1S/C16H17N5S/c1-11-10-12(21(2)16-18-15(17)19-20-16)8-9-14(11)22-13-6-4-3-5-7-13/h3-10H,1-2H3,(H3,17,18,19,20). The van der Waals surface area contributed by atoms with Crippen LogP contribution >= 0.6 is 11.8 Å². The lowest BCUT2D eigenvalue weighted by atomic mass is 10.2. The first-order valence-electron chi connectivity index (χ1n) is 6.88. The molecular formula is C16H17N5S. The molecule has 0 atom stereocenters. The number of nitrogens with zero attached hydrogens (tertiary/aromatic N) is 3. The Morgan fingerprint density at radius 2 is 1.91 bits per heavy atom. The van der Waals surface area contributed by atoms with E-state index in [-0.39, 0.29) is 0 Å². The largest absolute Gasteiger partial charge is 0.368 e. The van der Waals surface area contributed by atoms with E-state index in [2.05, 4.69) is 52.4 Å². The van der Waals surface area contributed by atoms with E-state index in [9.17, 15) is 0 Å². The number of aromatic nitrogens is 3. The number of nitrogens with one attached hydrogen (secondary N) is 1. The molecule has 3 aromatic rings. The van der Waals surface area contributed by atoms with Gasteiger partial charge >= 0.3 is 0 Å². The van der Waals surface area contributed by atoms with Crippen LogP contribution in [-0.2, 0) is 0 Å². The summed E-state index contributed by atoms with van der Waals surface area (Å²) in [4.78, 5) is 8.50. The van der Waals surface area contributed by atoms with Crippen molar-refractivity contribution >= 4 is 29.3 Å². The number of hydrogen-bond donors (Lipinski definition) is 2. The summed E-state index contributed by atoms with van der Waals surface area (Å²) in [5, 5.41) is 6.72. The summed E-state index contributed by atoms with van der Waals surface area (Å²) in [5.74, 6) is 0.871. The zero-order valence-corrected chi connectivity index (χ0v) is 13.3. The number of H-pyrrole nitrogens is 1. The van der Waals surface area contributed by atoms with E-state index in [1.165, 1.54) is 15.4 Å². The average Bonchev–Trinajstić information content (AvgIpc) is 2.96. The maximum atomic E-state index is 5.58. The number of rotatable bonds is 4. The number of hydrogen-bond acceptors (Lipinski definition) is 5. The minimum absolute atomic E-state index is 0.315. The smallest absolute Gasteiger partial charge is 0.250 e. The summed E-state index contributed by atoms with van der Waals surface area (Å²) < 4.78 is 0. The topological polar surface area (TPSA) is 70.8 Å². The Hall–Kier alpha value is -2.47. The van der Waals surface area contributed by atoms with Crippen molar-refractivity contribution in [3.05, 3.63) is 54.1 Å². The molecule has 0 unspecified atom stereocenters. The highest BCUT2D eigenvalue weighted by atomic mass is 32.2. The van der Waals surface area contributed by atoms with Gasteiger partial charge in [-0.05, 0) is 42.8 Å². The molecule has 0 fully saturated rings. The van der Waals surface area contributed by atoms with Gasteiger partial charge in [0.1, 0.15) is 0 Å². The van der Waals surface area contributed by atoms with Crippen molar-refractivity contribution in [2.24, 2.45) is 0 Å². The summed E-state index contributed by atoms with van der Waals surface area (Å²) in [6.07, 6.45) is 0. The van der Waals surface area contributed by atoms with Gasteiger partial charge < -0.3 is 10.6 Å². The number of nitrogen functional groups attached to an aromatic ring is 1. The third kappa shape index (κ3) is 3.07. The van der Waals surface area contributed by atoms with Crippen LogP contribution in [0.3, 0.4) is 0 Å². The molecule has 1 aromatic heterocycles. The summed E-state index contributed by atoms with van der Waals surface area (Å²) >= 11 is 1.76. The van der Waals surface area contributed by atoms with Crippen molar-refractivity contribution in [2.45, 2.75) is 16.7 Å². The number of anilines is 3. The normalized spacial score (nSPS) is 10.6. The third-order valence-corrected chi connectivity index (χ3v) is 4.49. The molecule has 0 spiro atoms. The van der Waals surface area contributed by atoms with Crippen LogP contribution in [0.2, 0.25) is 0 Å².